The van der Waals surface area contributed by atoms with E-state index in [1.807, 2.05) is 0 Å². The number of nitrogens with zero attached hydrogens (tertiary/aromatic N) is 5. The summed E-state index contributed by atoms with van der Waals surface area (Å²) in [5, 5.41) is 7.44. The molecule has 2 heterocycles. The molecule has 12 heteroatoms. The van der Waals surface area contributed by atoms with Gasteiger partial charge in [0, 0.05) is 17.5 Å². The summed E-state index contributed by atoms with van der Waals surface area (Å²) < 4.78 is 1.91. The van der Waals surface area contributed by atoms with E-state index in [0.717, 1.165) is 0 Å². The first kappa shape index (κ1) is 21.8. The molecule has 0 radical (unpaired) electrons. The van der Waals surface area contributed by atoms with Crippen molar-refractivity contribution in [3.8, 4) is 0 Å². The van der Waals surface area contributed by atoms with Crippen LogP contribution in [-0.4, -0.2) is 61.0 Å². The molecule has 0 unspecified atom stereocenters. The molecule has 0 atom stereocenters. The number of carbonyl (C=O) groups is 3. The molecule has 0 spiro atoms. The van der Waals surface area contributed by atoms with Crippen molar-refractivity contribution in [2.45, 2.75) is 31.5 Å². The Morgan fingerprint density at radius 1 is 1.22 bits per heavy atom. The highest BCUT2D eigenvalue weighted by molar-refractivity contribution is 9.10. The van der Waals surface area contributed by atoms with E-state index in [0.29, 0.717) is 28.3 Å². The molecule has 1 aromatic carbocycles. The summed E-state index contributed by atoms with van der Waals surface area (Å²) in [6.07, 6.45) is 4.11. The zero-order valence-electron chi connectivity index (χ0n) is 16.9. The van der Waals surface area contributed by atoms with Crippen molar-refractivity contribution in [2.75, 3.05) is 11.9 Å². The van der Waals surface area contributed by atoms with Gasteiger partial charge in [-0.3, -0.25) is 24.0 Å². The molecular weight excluding hydrogens is 480 g/mol. The fourth-order valence-corrected chi connectivity index (χ4v) is 4.00. The standard InChI is InChI=1S/C20H21BrN8O3/c21-15-7-24-8-16(25-15)26-17(30)9-28(12-5-11(22)6-12)18(31)10-29-14-4-2-1-3-13(14)19(27-29)20(23)32/h1-4,7-8,11-12H,5-6,9-10,22H2,(H2,23,32)(H,25,26,30)/t11-,12-. The van der Waals surface area contributed by atoms with Gasteiger partial charge in [-0.2, -0.15) is 5.10 Å². The van der Waals surface area contributed by atoms with Crippen molar-refractivity contribution in [1.82, 2.24) is 24.6 Å². The quantitative estimate of drug-likeness (QED) is 0.428. The lowest BCUT2D eigenvalue weighted by Crippen LogP contribution is -2.55. The van der Waals surface area contributed by atoms with E-state index in [2.05, 4.69) is 36.3 Å². The smallest absolute Gasteiger partial charge is 0.269 e. The maximum absolute atomic E-state index is 13.2. The Hall–Kier alpha value is -3.38. The Labute approximate surface area is 191 Å². The van der Waals surface area contributed by atoms with E-state index in [-0.39, 0.29) is 42.6 Å². The van der Waals surface area contributed by atoms with Crippen molar-refractivity contribution in [3.05, 3.63) is 47.0 Å². The van der Waals surface area contributed by atoms with Gasteiger partial charge in [0.15, 0.2) is 11.5 Å². The summed E-state index contributed by atoms with van der Waals surface area (Å²) >= 11 is 3.20. The highest BCUT2D eigenvalue weighted by Gasteiger charge is 2.35. The summed E-state index contributed by atoms with van der Waals surface area (Å²) in [6, 6.07) is 6.85. The van der Waals surface area contributed by atoms with Gasteiger partial charge >= 0.3 is 0 Å². The first-order valence-electron chi connectivity index (χ1n) is 9.89. The highest BCUT2D eigenvalue weighted by atomic mass is 79.9. The molecule has 1 aliphatic rings. The topological polar surface area (TPSA) is 162 Å². The number of nitrogens with two attached hydrogens (primary N) is 2. The zero-order chi connectivity index (χ0) is 22.8. The molecular formula is C20H21BrN8O3. The highest BCUT2D eigenvalue weighted by Crippen LogP contribution is 2.25. The number of primary amides is 1. The Balaban J connectivity index is 1.53. The van der Waals surface area contributed by atoms with Crippen LogP contribution in [0.2, 0.25) is 0 Å². The minimum Gasteiger partial charge on any atom is -0.364 e. The second-order valence-corrected chi connectivity index (χ2v) is 8.38. The van der Waals surface area contributed by atoms with Gasteiger partial charge in [0.2, 0.25) is 11.8 Å². The summed E-state index contributed by atoms with van der Waals surface area (Å²) in [6.45, 7) is -0.324. The molecule has 2 aromatic heterocycles. The second-order valence-electron chi connectivity index (χ2n) is 7.57. The van der Waals surface area contributed by atoms with Crippen molar-refractivity contribution < 1.29 is 14.4 Å². The van der Waals surface area contributed by atoms with Crippen molar-refractivity contribution in [3.63, 3.8) is 0 Å². The van der Waals surface area contributed by atoms with E-state index < -0.39 is 11.8 Å². The maximum atomic E-state index is 13.2. The van der Waals surface area contributed by atoms with Gasteiger partial charge in [0.1, 0.15) is 17.7 Å². The number of nitrogens with one attached hydrogen (secondary N) is 1. The van der Waals surface area contributed by atoms with Crippen LogP contribution >= 0.6 is 15.9 Å². The second kappa shape index (κ2) is 9.01. The van der Waals surface area contributed by atoms with Crippen LogP contribution in [0, 0.1) is 0 Å². The Morgan fingerprint density at radius 3 is 2.66 bits per heavy atom. The summed E-state index contributed by atoms with van der Waals surface area (Å²) in [5.74, 6) is -1.13. The number of carbonyl (C=O) groups excluding carboxylic acids is 3. The van der Waals surface area contributed by atoms with E-state index in [9.17, 15) is 14.4 Å². The number of para-hydroxylation sites is 1. The van der Waals surface area contributed by atoms with Crippen LogP contribution in [-0.2, 0) is 16.1 Å². The van der Waals surface area contributed by atoms with E-state index in [4.69, 9.17) is 11.5 Å². The van der Waals surface area contributed by atoms with E-state index in [1.165, 1.54) is 22.0 Å². The predicted octanol–water partition coefficient (Wildman–Crippen LogP) is 0.645. The average Bonchev–Trinajstić information content (AvgIpc) is 3.09. The van der Waals surface area contributed by atoms with Crippen LogP contribution in [0.1, 0.15) is 23.3 Å². The molecule has 1 saturated carbocycles. The lowest BCUT2D eigenvalue weighted by atomic mass is 9.86. The number of fused-ring (bicyclic) bond motifs is 1. The predicted molar refractivity (Wildman–Crippen MR) is 119 cm³/mol. The summed E-state index contributed by atoms with van der Waals surface area (Å²) in [7, 11) is 0. The van der Waals surface area contributed by atoms with Crippen molar-refractivity contribution >= 4 is 50.4 Å². The molecule has 0 aliphatic heterocycles. The number of anilines is 1. The number of hydrogen-bond acceptors (Lipinski definition) is 7. The first-order chi connectivity index (χ1) is 15.3. The lowest BCUT2D eigenvalue weighted by Gasteiger charge is -2.41. The van der Waals surface area contributed by atoms with Crippen LogP contribution in [0.5, 0.6) is 0 Å². The van der Waals surface area contributed by atoms with Crippen LogP contribution in [0.15, 0.2) is 41.3 Å². The normalized spacial score (nSPS) is 17.6. The van der Waals surface area contributed by atoms with Crippen molar-refractivity contribution in [2.24, 2.45) is 11.5 Å². The van der Waals surface area contributed by atoms with E-state index in [1.54, 1.807) is 24.3 Å². The van der Waals surface area contributed by atoms with Crippen LogP contribution in [0.3, 0.4) is 0 Å². The maximum Gasteiger partial charge on any atom is 0.269 e. The number of rotatable bonds is 7. The lowest BCUT2D eigenvalue weighted by molar-refractivity contribution is -0.139. The molecule has 11 nitrogen and oxygen atoms in total. The van der Waals surface area contributed by atoms with E-state index >= 15 is 0 Å². The molecule has 3 aromatic rings. The molecule has 166 valence electrons. The molecule has 0 saturated heterocycles. The molecule has 32 heavy (non-hydrogen) atoms. The van der Waals surface area contributed by atoms with Crippen molar-refractivity contribution in [1.29, 1.82) is 0 Å². The number of hydrogen-bond donors (Lipinski definition) is 3. The van der Waals surface area contributed by atoms with Gasteiger partial charge < -0.3 is 21.7 Å². The number of aromatic nitrogens is 4. The Kier molecular flexibility index (Phi) is 6.15. The molecule has 1 fully saturated rings. The zero-order valence-corrected chi connectivity index (χ0v) is 18.5. The van der Waals surface area contributed by atoms with Gasteiger partial charge in [-0.1, -0.05) is 18.2 Å². The van der Waals surface area contributed by atoms with Gasteiger partial charge in [0.25, 0.3) is 5.91 Å². The average molecular weight is 501 g/mol. The molecule has 0 bridgehead atoms. The third kappa shape index (κ3) is 4.60. The van der Waals surface area contributed by atoms with Crippen LogP contribution < -0.4 is 16.8 Å². The first-order valence-corrected chi connectivity index (χ1v) is 10.7. The van der Waals surface area contributed by atoms with Gasteiger partial charge in [-0.05, 0) is 34.8 Å². The van der Waals surface area contributed by atoms with Gasteiger partial charge in [-0.15, -0.1) is 0 Å². The Bertz CT molecular complexity index is 1190. The Morgan fingerprint density at radius 2 is 1.97 bits per heavy atom. The fourth-order valence-electron chi connectivity index (χ4n) is 3.69. The van der Waals surface area contributed by atoms with Crippen LogP contribution in [0.25, 0.3) is 10.9 Å². The number of amides is 3. The minimum absolute atomic E-state index is 0.0127. The third-order valence-electron chi connectivity index (χ3n) is 5.27. The molecule has 1 aliphatic carbocycles. The molecule has 4 rings (SSSR count). The number of benzene rings is 1. The third-order valence-corrected chi connectivity index (χ3v) is 5.66. The fraction of sp³-hybridized carbons (Fsp3) is 0.300. The molecule has 3 amide bonds. The summed E-state index contributed by atoms with van der Waals surface area (Å²) in [5.41, 5.74) is 12.0. The van der Waals surface area contributed by atoms with Crippen LogP contribution in [0.4, 0.5) is 5.82 Å². The molecule has 5 N–H and O–H groups in total. The SMILES string of the molecule is NC(=O)c1nn(CC(=O)N(CC(=O)Nc2cncc(Br)n2)[C@H]2C[C@H](N)C2)c2ccccc12. The largest absolute Gasteiger partial charge is 0.364 e. The van der Waals surface area contributed by atoms with Gasteiger partial charge in [-0.25, -0.2) is 4.98 Å². The number of halogens is 1. The monoisotopic (exact) mass is 500 g/mol. The van der Waals surface area contributed by atoms with Gasteiger partial charge in [0.05, 0.1) is 17.9 Å². The summed E-state index contributed by atoms with van der Waals surface area (Å²) in [4.78, 5) is 47.2. The minimum atomic E-state index is -0.677.